The molecule has 0 saturated heterocycles. The van der Waals surface area contributed by atoms with Crippen LogP contribution in [0.25, 0.3) is 0 Å². The minimum absolute atomic E-state index is 0.0696. The van der Waals surface area contributed by atoms with E-state index in [2.05, 4.69) is 11.9 Å². The van der Waals surface area contributed by atoms with E-state index in [0.29, 0.717) is 6.54 Å². The van der Waals surface area contributed by atoms with E-state index in [9.17, 15) is 9.59 Å². The van der Waals surface area contributed by atoms with Crippen LogP contribution in [0.4, 0.5) is 0 Å². The van der Waals surface area contributed by atoms with Crippen LogP contribution in [0.15, 0.2) is 12.7 Å². The number of aliphatic carboxylic acids is 1. The average Bonchev–Trinajstić information content (AvgIpc) is 2.26. The van der Waals surface area contributed by atoms with Gasteiger partial charge in [0.15, 0.2) is 0 Å². The third-order valence-corrected chi connectivity index (χ3v) is 2.95. The van der Waals surface area contributed by atoms with Gasteiger partial charge in [0.25, 0.3) is 0 Å². The van der Waals surface area contributed by atoms with Crippen LogP contribution in [-0.4, -0.2) is 23.5 Å². The Morgan fingerprint density at radius 2 is 2.07 bits per heavy atom. The standard InChI is InChI=1S/C11H17NO3/c1-2-10(13)12-7-8-5-3-4-6-9(8)11(14)15/h2,8-9H,1,3-7H2,(H,12,13)(H,14,15). The van der Waals surface area contributed by atoms with Gasteiger partial charge in [-0.2, -0.15) is 0 Å². The van der Waals surface area contributed by atoms with E-state index in [1.54, 1.807) is 0 Å². The lowest BCUT2D eigenvalue weighted by molar-refractivity contribution is -0.145. The molecule has 0 spiro atoms. The molecule has 0 bridgehead atoms. The van der Waals surface area contributed by atoms with E-state index in [1.807, 2.05) is 0 Å². The summed E-state index contributed by atoms with van der Waals surface area (Å²) in [5, 5.41) is 11.7. The topological polar surface area (TPSA) is 66.4 Å². The molecular weight excluding hydrogens is 194 g/mol. The molecule has 1 fully saturated rings. The normalized spacial score (nSPS) is 25.6. The second-order valence-corrected chi connectivity index (χ2v) is 3.94. The minimum atomic E-state index is -0.743. The largest absolute Gasteiger partial charge is 0.481 e. The maximum atomic E-state index is 11.0. The summed E-state index contributed by atoms with van der Waals surface area (Å²) >= 11 is 0. The van der Waals surface area contributed by atoms with E-state index in [-0.39, 0.29) is 17.7 Å². The first kappa shape index (κ1) is 11.8. The molecule has 4 nitrogen and oxygen atoms in total. The van der Waals surface area contributed by atoms with Gasteiger partial charge in [-0.15, -0.1) is 0 Å². The zero-order valence-electron chi connectivity index (χ0n) is 8.74. The van der Waals surface area contributed by atoms with Crippen LogP contribution in [0, 0.1) is 11.8 Å². The monoisotopic (exact) mass is 211 g/mol. The lowest BCUT2D eigenvalue weighted by Gasteiger charge is -2.28. The van der Waals surface area contributed by atoms with Crippen LogP contribution in [0.2, 0.25) is 0 Å². The lowest BCUT2D eigenvalue weighted by Crippen LogP contribution is -2.36. The minimum Gasteiger partial charge on any atom is -0.481 e. The van der Waals surface area contributed by atoms with Crippen LogP contribution in [0.1, 0.15) is 25.7 Å². The smallest absolute Gasteiger partial charge is 0.306 e. The average molecular weight is 211 g/mol. The second kappa shape index (κ2) is 5.53. The maximum absolute atomic E-state index is 11.0. The first-order chi connectivity index (χ1) is 7.15. The molecule has 84 valence electrons. The molecule has 1 amide bonds. The molecule has 2 unspecified atom stereocenters. The third-order valence-electron chi connectivity index (χ3n) is 2.95. The Kier molecular flexibility index (Phi) is 4.34. The van der Waals surface area contributed by atoms with Gasteiger partial charge in [0.2, 0.25) is 5.91 Å². The van der Waals surface area contributed by atoms with E-state index < -0.39 is 5.97 Å². The molecule has 1 aliphatic rings. The van der Waals surface area contributed by atoms with Gasteiger partial charge in [0.05, 0.1) is 5.92 Å². The molecule has 1 aliphatic carbocycles. The molecule has 0 aromatic carbocycles. The first-order valence-corrected chi connectivity index (χ1v) is 5.28. The first-order valence-electron chi connectivity index (χ1n) is 5.28. The highest BCUT2D eigenvalue weighted by molar-refractivity contribution is 5.86. The van der Waals surface area contributed by atoms with Gasteiger partial charge in [-0.25, -0.2) is 0 Å². The fourth-order valence-corrected chi connectivity index (χ4v) is 2.08. The van der Waals surface area contributed by atoms with Crippen LogP contribution in [-0.2, 0) is 9.59 Å². The van der Waals surface area contributed by atoms with Crippen molar-refractivity contribution in [3.8, 4) is 0 Å². The third kappa shape index (κ3) is 3.38. The molecule has 0 heterocycles. The van der Waals surface area contributed by atoms with Crippen molar-refractivity contribution in [2.45, 2.75) is 25.7 Å². The van der Waals surface area contributed by atoms with Gasteiger partial charge in [0, 0.05) is 6.54 Å². The zero-order valence-corrected chi connectivity index (χ0v) is 8.74. The van der Waals surface area contributed by atoms with Crippen LogP contribution in [0.3, 0.4) is 0 Å². The van der Waals surface area contributed by atoms with Crippen molar-refractivity contribution < 1.29 is 14.7 Å². The summed E-state index contributed by atoms with van der Waals surface area (Å²) in [6.07, 6.45) is 4.85. The summed E-state index contributed by atoms with van der Waals surface area (Å²) in [5.74, 6) is -1.21. The summed E-state index contributed by atoms with van der Waals surface area (Å²) in [6, 6.07) is 0. The number of hydrogen-bond donors (Lipinski definition) is 2. The summed E-state index contributed by atoms with van der Waals surface area (Å²) < 4.78 is 0. The Bertz CT molecular complexity index is 263. The van der Waals surface area contributed by atoms with Gasteiger partial charge in [-0.05, 0) is 24.8 Å². The second-order valence-electron chi connectivity index (χ2n) is 3.94. The highest BCUT2D eigenvalue weighted by atomic mass is 16.4. The van der Waals surface area contributed by atoms with Crippen molar-refractivity contribution in [2.24, 2.45) is 11.8 Å². The molecular formula is C11H17NO3. The van der Waals surface area contributed by atoms with Crippen molar-refractivity contribution in [3.63, 3.8) is 0 Å². The SMILES string of the molecule is C=CC(=O)NCC1CCCCC1C(=O)O. The summed E-state index contributed by atoms with van der Waals surface area (Å²) in [4.78, 5) is 21.9. The molecule has 15 heavy (non-hydrogen) atoms. The molecule has 0 aromatic heterocycles. The quantitative estimate of drug-likeness (QED) is 0.686. The number of amides is 1. The van der Waals surface area contributed by atoms with Crippen molar-refractivity contribution in [1.29, 1.82) is 0 Å². The summed E-state index contributed by atoms with van der Waals surface area (Å²) in [5.41, 5.74) is 0. The number of hydrogen-bond acceptors (Lipinski definition) is 2. The molecule has 1 rings (SSSR count). The highest BCUT2D eigenvalue weighted by Crippen LogP contribution is 2.29. The fraction of sp³-hybridized carbons (Fsp3) is 0.636. The molecule has 1 saturated carbocycles. The lowest BCUT2D eigenvalue weighted by atomic mass is 9.79. The van der Waals surface area contributed by atoms with E-state index in [1.165, 1.54) is 6.08 Å². The number of carbonyl (C=O) groups excluding carboxylic acids is 1. The van der Waals surface area contributed by atoms with Crippen molar-refractivity contribution >= 4 is 11.9 Å². The van der Waals surface area contributed by atoms with Crippen LogP contribution in [0.5, 0.6) is 0 Å². The molecule has 0 aromatic rings. The molecule has 0 aliphatic heterocycles. The predicted octanol–water partition coefficient (Wildman–Crippen LogP) is 1.18. The van der Waals surface area contributed by atoms with E-state index in [0.717, 1.165) is 25.7 Å². The number of rotatable bonds is 4. The Labute approximate surface area is 89.4 Å². The van der Waals surface area contributed by atoms with Gasteiger partial charge in [-0.3, -0.25) is 9.59 Å². The van der Waals surface area contributed by atoms with Gasteiger partial charge in [0.1, 0.15) is 0 Å². The Morgan fingerprint density at radius 1 is 1.40 bits per heavy atom. The van der Waals surface area contributed by atoms with Gasteiger partial charge < -0.3 is 10.4 Å². The van der Waals surface area contributed by atoms with E-state index in [4.69, 9.17) is 5.11 Å². The van der Waals surface area contributed by atoms with E-state index >= 15 is 0 Å². The van der Waals surface area contributed by atoms with Gasteiger partial charge >= 0.3 is 5.97 Å². The van der Waals surface area contributed by atoms with Crippen molar-refractivity contribution in [3.05, 3.63) is 12.7 Å². The number of carbonyl (C=O) groups is 2. The highest BCUT2D eigenvalue weighted by Gasteiger charge is 2.30. The van der Waals surface area contributed by atoms with Crippen molar-refractivity contribution in [2.75, 3.05) is 6.54 Å². The van der Waals surface area contributed by atoms with Crippen LogP contribution < -0.4 is 5.32 Å². The number of nitrogens with one attached hydrogen (secondary N) is 1. The Hall–Kier alpha value is -1.32. The zero-order chi connectivity index (χ0) is 11.3. The molecule has 2 N–H and O–H groups in total. The maximum Gasteiger partial charge on any atom is 0.306 e. The fourth-order valence-electron chi connectivity index (χ4n) is 2.08. The van der Waals surface area contributed by atoms with Crippen molar-refractivity contribution in [1.82, 2.24) is 5.32 Å². The number of carboxylic acid groups (broad SMARTS) is 1. The Morgan fingerprint density at radius 3 is 2.67 bits per heavy atom. The number of carboxylic acids is 1. The summed E-state index contributed by atoms with van der Waals surface area (Å²) in [6.45, 7) is 3.80. The Balaban J connectivity index is 2.46. The molecule has 0 radical (unpaired) electrons. The predicted molar refractivity (Wildman–Crippen MR) is 56.3 cm³/mol. The van der Waals surface area contributed by atoms with Gasteiger partial charge in [-0.1, -0.05) is 19.4 Å². The molecule has 4 heteroatoms. The van der Waals surface area contributed by atoms with Crippen LogP contribution >= 0.6 is 0 Å². The molecule has 2 atom stereocenters. The summed E-state index contributed by atoms with van der Waals surface area (Å²) in [7, 11) is 0.